The Labute approximate surface area is 219 Å². The molecule has 2 rings (SSSR count). The van der Waals surface area contributed by atoms with E-state index in [4.69, 9.17) is 5.11 Å². The molecular weight excluding hydrogens is 500 g/mol. The largest absolute Gasteiger partial charge is 0.481 e. The molecular formula is C25H32N4O7S. The van der Waals surface area contributed by atoms with E-state index in [0.29, 0.717) is 17.2 Å². The first kappa shape index (κ1) is 29.6. The van der Waals surface area contributed by atoms with Gasteiger partial charge in [0.05, 0.1) is 13.0 Å². The first-order chi connectivity index (χ1) is 17.6. The number of imide groups is 1. The molecule has 1 aliphatic heterocycles. The molecule has 12 heteroatoms. The minimum absolute atomic E-state index is 0.0299. The molecule has 0 saturated carbocycles. The van der Waals surface area contributed by atoms with Crippen LogP contribution in [-0.2, 0) is 34.5 Å². The third-order valence-corrected chi connectivity index (χ3v) is 6.37. The Hall–Kier alpha value is -3.67. The SMILES string of the molecule is CC(C)[C@H](NC(=O)CCCN1C(=O)C=CC1=O)C(=O)NCC(=O)Nc1ccc(CSCCC(=O)O)cc1. The van der Waals surface area contributed by atoms with E-state index in [1.807, 2.05) is 12.1 Å². The van der Waals surface area contributed by atoms with Gasteiger partial charge in [0.2, 0.25) is 17.7 Å². The summed E-state index contributed by atoms with van der Waals surface area (Å²) in [6, 6.07) is 6.26. The lowest BCUT2D eigenvalue weighted by atomic mass is 10.0. The Morgan fingerprint density at radius 2 is 1.62 bits per heavy atom. The highest BCUT2D eigenvalue weighted by molar-refractivity contribution is 7.98. The topological polar surface area (TPSA) is 162 Å². The number of nitrogens with zero attached hydrogens (tertiary/aromatic N) is 1. The predicted octanol–water partition coefficient (Wildman–Crippen LogP) is 1.30. The zero-order valence-electron chi connectivity index (χ0n) is 20.8. The van der Waals surface area contributed by atoms with Gasteiger partial charge in [-0.1, -0.05) is 26.0 Å². The maximum absolute atomic E-state index is 12.6. The fraction of sp³-hybridized carbons (Fsp3) is 0.440. The maximum atomic E-state index is 12.6. The molecule has 1 atom stereocenters. The summed E-state index contributed by atoms with van der Waals surface area (Å²) < 4.78 is 0. The van der Waals surface area contributed by atoms with Crippen molar-refractivity contribution in [1.29, 1.82) is 0 Å². The van der Waals surface area contributed by atoms with Crippen LogP contribution in [0.25, 0.3) is 0 Å². The smallest absolute Gasteiger partial charge is 0.304 e. The molecule has 5 amide bonds. The Morgan fingerprint density at radius 3 is 2.22 bits per heavy atom. The van der Waals surface area contributed by atoms with Crippen LogP contribution >= 0.6 is 11.8 Å². The molecule has 0 unspecified atom stereocenters. The fourth-order valence-electron chi connectivity index (χ4n) is 3.35. The lowest BCUT2D eigenvalue weighted by molar-refractivity contribution is -0.138. The van der Waals surface area contributed by atoms with Crippen molar-refractivity contribution in [3.05, 3.63) is 42.0 Å². The number of anilines is 1. The summed E-state index contributed by atoms with van der Waals surface area (Å²) in [4.78, 5) is 71.9. The minimum atomic E-state index is -0.852. The molecule has 1 aliphatic rings. The number of aliphatic carboxylic acids is 1. The summed E-state index contributed by atoms with van der Waals surface area (Å²) in [6.07, 6.45) is 2.76. The molecule has 1 aromatic rings. The van der Waals surface area contributed by atoms with Crippen molar-refractivity contribution >= 4 is 53.0 Å². The van der Waals surface area contributed by atoms with E-state index in [2.05, 4.69) is 16.0 Å². The van der Waals surface area contributed by atoms with Gasteiger partial charge in [-0.2, -0.15) is 11.8 Å². The monoisotopic (exact) mass is 532 g/mol. The molecule has 200 valence electrons. The van der Waals surface area contributed by atoms with E-state index in [1.165, 1.54) is 23.9 Å². The second kappa shape index (κ2) is 14.8. The van der Waals surface area contributed by atoms with E-state index in [-0.39, 0.29) is 38.3 Å². The van der Waals surface area contributed by atoms with Gasteiger partial charge in [0.25, 0.3) is 11.8 Å². The number of carboxylic acids is 1. The highest BCUT2D eigenvalue weighted by Gasteiger charge is 2.26. The van der Waals surface area contributed by atoms with Gasteiger partial charge in [0, 0.05) is 42.3 Å². The van der Waals surface area contributed by atoms with Gasteiger partial charge in [-0.15, -0.1) is 0 Å². The summed E-state index contributed by atoms with van der Waals surface area (Å²) in [5.41, 5.74) is 1.55. The van der Waals surface area contributed by atoms with Gasteiger partial charge >= 0.3 is 5.97 Å². The van der Waals surface area contributed by atoms with Crippen LogP contribution in [0.4, 0.5) is 5.69 Å². The number of carbonyl (C=O) groups excluding carboxylic acids is 5. The lowest BCUT2D eigenvalue weighted by Gasteiger charge is -2.22. The van der Waals surface area contributed by atoms with Crippen molar-refractivity contribution in [2.24, 2.45) is 5.92 Å². The van der Waals surface area contributed by atoms with Gasteiger partial charge in [0.1, 0.15) is 6.04 Å². The summed E-state index contributed by atoms with van der Waals surface area (Å²) >= 11 is 1.51. The molecule has 0 aromatic heterocycles. The van der Waals surface area contributed by atoms with E-state index < -0.39 is 41.5 Å². The van der Waals surface area contributed by atoms with Crippen LogP contribution in [0.15, 0.2) is 36.4 Å². The van der Waals surface area contributed by atoms with Gasteiger partial charge in [-0.05, 0) is 30.0 Å². The van der Waals surface area contributed by atoms with Crippen molar-refractivity contribution in [3.63, 3.8) is 0 Å². The Morgan fingerprint density at radius 1 is 0.973 bits per heavy atom. The van der Waals surface area contributed by atoms with Crippen molar-refractivity contribution in [1.82, 2.24) is 15.5 Å². The Balaban J connectivity index is 1.73. The molecule has 0 aliphatic carbocycles. The van der Waals surface area contributed by atoms with Crippen molar-refractivity contribution in [2.75, 3.05) is 24.2 Å². The van der Waals surface area contributed by atoms with Crippen LogP contribution in [0.1, 0.15) is 38.7 Å². The normalized spacial score (nSPS) is 13.5. The van der Waals surface area contributed by atoms with Gasteiger partial charge in [0.15, 0.2) is 0 Å². The summed E-state index contributed by atoms with van der Waals surface area (Å²) in [7, 11) is 0. The molecule has 0 bridgehead atoms. The average molecular weight is 533 g/mol. The number of thioether (sulfide) groups is 1. The number of carboxylic acid groups (broad SMARTS) is 1. The summed E-state index contributed by atoms with van der Waals surface area (Å²) in [5.74, 6) is -2.04. The number of hydrogen-bond acceptors (Lipinski definition) is 7. The molecule has 0 radical (unpaired) electrons. The Kier molecular flexibility index (Phi) is 11.8. The number of benzene rings is 1. The lowest BCUT2D eigenvalue weighted by Crippen LogP contribution is -2.51. The third kappa shape index (κ3) is 10.5. The molecule has 0 fully saturated rings. The maximum Gasteiger partial charge on any atom is 0.304 e. The number of rotatable bonds is 15. The van der Waals surface area contributed by atoms with Crippen molar-refractivity contribution in [2.45, 2.75) is 44.9 Å². The van der Waals surface area contributed by atoms with Gasteiger partial charge < -0.3 is 21.1 Å². The zero-order valence-corrected chi connectivity index (χ0v) is 21.6. The molecule has 0 spiro atoms. The second-order valence-electron chi connectivity index (χ2n) is 8.71. The van der Waals surface area contributed by atoms with Crippen LogP contribution in [0.3, 0.4) is 0 Å². The second-order valence-corrected chi connectivity index (χ2v) is 9.82. The van der Waals surface area contributed by atoms with E-state index in [9.17, 15) is 28.8 Å². The van der Waals surface area contributed by atoms with Gasteiger partial charge in [-0.3, -0.25) is 33.7 Å². The molecule has 1 aromatic carbocycles. The van der Waals surface area contributed by atoms with E-state index in [1.54, 1.807) is 26.0 Å². The quantitative estimate of drug-likeness (QED) is 0.194. The standard InChI is InChI=1S/C25H32N4O7S/c1-16(2)24(28-19(30)4-3-12-29-21(32)9-10-22(29)33)25(36)26-14-20(31)27-18-7-5-17(6-8-18)15-37-13-11-23(34)35/h5-10,16,24H,3-4,11-15H2,1-2H3,(H,26,36)(H,27,31)(H,28,30)(H,34,35)/t24-/m0/s1. The fourth-order valence-corrected chi connectivity index (χ4v) is 4.24. The molecule has 4 N–H and O–H groups in total. The van der Waals surface area contributed by atoms with Gasteiger partial charge in [-0.25, -0.2) is 0 Å². The summed E-state index contributed by atoms with van der Waals surface area (Å²) in [6.45, 7) is 3.36. The number of amides is 5. The summed E-state index contributed by atoms with van der Waals surface area (Å²) in [5, 5.41) is 16.5. The molecule has 11 nitrogen and oxygen atoms in total. The number of carbonyl (C=O) groups is 6. The highest BCUT2D eigenvalue weighted by atomic mass is 32.2. The van der Waals surface area contributed by atoms with Crippen LogP contribution in [0.2, 0.25) is 0 Å². The molecule has 37 heavy (non-hydrogen) atoms. The van der Waals surface area contributed by atoms with Crippen LogP contribution < -0.4 is 16.0 Å². The van der Waals surface area contributed by atoms with Crippen LogP contribution in [0.5, 0.6) is 0 Å². The van der Waals surface area contributed by atoms with Crippen molar-refractivity contribution in [3.8, 4) is 0 Å². The Bertz CT molecular complexity index is 1020. The zero-order chi connectivity index (χ0) is 27.4. The third-order valence-electron chi connectivity index (χ3n) is 5.34. The van der Waals surface area contributed by atoms with Crippen LogP contribution in [0, 0.1) is 5.92 Å². The van der Waals surface area contributed by atoms with Crippen LogP contribution in [-0.4, -0.2) is 70.4 Å². The van der Waals surface area contributed by atoms with E-state index >= 15 is 0 Å². The molecule has 1 heterocycles. The van der Waals surface area contributed by atoms with Crippen molar-refractivity contribution < 1.29 is 33.9 Å². The number of nitrogens with one attached hydrogen (secondary N) is 3. The van der Waals surface area contributed by atoms with E-state index in [0.717, 1.165) is 10.5 Å². The first-order valence-corrected chi connectivity index (χ1v) is 13.0. The first-order valence-electron chi connectivity index (χ1n) is 11.9. The molecule has 0 saturated heterocycles. The highest BCUT2D eigenvalue weighted by Crippen LogP contribution is 2.16. The predicted molar refractivity (Wildman–Crippen MR) is 138 cm³/mol. The average Bonchev–Trinajstić information content (AvgIpc) is 3.16. The minimum Gasteiger partial charge on any atom is -0.481 e. The number of hydrogen-bond donors (Lipinski definition) is 4.